The zero-order valence-electron chi connectivity index (χ0n) is 15.6. The monoisotopic (exact) mass is 355 g/mol. The maximum Gasteiger partial charge on any atom is 0.261 e. The molecule has 3 rings (SSSR count). The van der Waals surface area contributed by atoms with Gasteiger partial charge in [0.2, 0.25) is 0 Å². The van der Waals surface area contributed by atoms with Crippen molar-refractivity contribution in [1.82, 2.24) is 5.32 Å². The molecule has 0 spiro atoms. The van der Waals surface area contributed by atoms with Crippen molar-refractivity contribution in [2.24, 2.45) is 0 Å². The number of nitrogens with one attached hydrogen (secondary N) is 1. The summed E-state index contributed by atoms with van der Waals surface area (Å²) in [5.41, 5.74) is 0.561. The Morgan fingerprint density at radius 1 is 1.19 bits per heavy atom. The molecule has 2 aromatic rings. The Labute approximate surface area is 154 Å². The number of hydrogen-bond acceptors (Lipinski definition) is 4. The van der Waals surface area contributed by atoms with Crippen LogP contribution >= 0.6 is 0 Å². The Bertz CT molecular complexity index is 773. The summed E-state index contributed by atoms with van der Waals surface area (Å²) < 4.78 is 17.1. The molecule has 138 valence electrons. The second-order valence-electron chi connectivity index (χ2n) is 7.10. The third-order valence-electron chi connectivity index (χ3n) is 4.42. The van der Waals surface area contributed by atoms with Gasteiger partial charge in [0.15, 0.2) is 6.10 Å². The average Bonchev–Trinajstić information content (AvgIpc) is 2.61. The molecule has 5 heteroatoms. The first-order valence-electron chi connectivity index (χ1n) is 8.77. The predicted octanol–water partition coefficient (Wildman–Crippen LogP) is 3.88. The lowest BCUT2D eigenvalue weighted by atomic mass is 9.89. The SMILES string of the molecule is COc1ccc2c(c1)OC(C)(C)C[C@@H]2NC(=O)[C@@H](C)Oc1ccccc1. The highest BCUT2D eigenvalue weighted by atomic mass is 16.5. The summed E-state index contributed by atoms with van der Waals surface area (Å²) in [7, 11) is 1.62. The van der Waals surface area contributed by atoms with Crippen molar-refractivity contribution < 1.29 is 19.0 Å². The average molecular weight is 355 g/mol. The summed E-state index contributed by atoms with van der Waals surface area (Å²) in [6.07, 6.45) is 0.0842. The smallest absolute Gasteiger partial charge is 0.261 e. The molecule has 1 heterocycles. The largest absolute Gasteiger partial charge is 0.497 e. The standard InChI is InChI=1S/C21H25NO4/c1-14(25-15-8-6-5-7-9-15)20(23)22-18-13-21(2,3)26-19-12-16(24-4)10-11-17(18)19/h5-12,14,18H,13H2,1-4H3,(H,22,23)/t14-,18+/m1/s1. The molecule has 0 aromatic heterocycles. The van der Waals surface area contributed by atoms with Crippen LogP contribution in [0.4, 0.5) is 0 Å². The van der Waals surface area contributed by atoms with E-state index in [2.05, 4.69) is 5.32 Å². The van der Waals surface area contributed by atoms with Crippen molar-refractivity contribution >= 4 is 5.91 Å². The van der Waals surface area contributed by atoms with Crippen LogP contribution in [0.5, 0.6) is 17.2 Å². The third kappa shape index (κ3) is 4.10. The minimum atomic E-state index is -0.593. The van der Waals surface area contributed by atoms with Gasteiger partial charge in [-0.1, -0.05) is 18.2 Å². The number of carbonyl (C=O) groups is 1. The van der Waals surface area contributed by atoms with Gasteiger partial charge < -0.3 is 19.5 Å². The molecule has 1 aliphatic rings. The van der Waals surface area contributed by atoms with Gasteiger partial charge >= 0.3 is 0 Å². The molecule has 1 aliphatic heterocycles. The number of carbonyl (C=O) groups excluding carboxylic acids is 1. The molecule has 0 radical (unpaired) electrons. The Morgan fingerprint density at radius 2 is 1.92 bits per heavy atom. The highest BCUT2D eigenvalue weighted by Crippen LogP contribution is 2.41. The molecule has 0 saturated carbocycles. The van der Waals surface area contributed by atoms with Gasteiger partial charge in [0.1, 0.15) is 22.8 Å². The fraction of sp³-hybridized carbons (Fsp3) is 0.381. The molecular formula is C21H25NO4. The van der Waals surface area contributed by atoms with E-state index < -0.39 is 6.10 Å². The Balaban J connectivity index is 1.75. The summed E-state index contributed by atoms with van der Waals surface area (Å²) in [6, 6.07) is 14.9. The molecule has 1 amide bonds. The number of ether oxygens (including phenoxy) is 3. The van der Waals surface area contributed by atoms with Gasteiger partial charge in [0.25, 0.3) is 5.91 Å². The summed E-state index contributed by atoms with van der Waals surface area (Å²) in [5.74, 6) is 1.99. The van der Waals surface area contributed by atoms with E-state index in [1.54, 1.807) is 14.0 Å². The minimum absolute atomic E-state index is 0.144. The molecule has 2 aromatic carbocycles. The number of para-hydroxylation sites is 1. The number of rotatable bonds is 5. The second kappa shape index (κ2) is 7.28. The number of fused-ring (bicyclic) bond motifs is 1. The van der Waals surface area contributed by atoms with Gasteiger partial charge in [0, 0.05) is 18.1 Å². The number of hydrogen-bond donors (Lipinski definition) is 1. The molecule has 0 saturated heterocycles. The van der Waals surface area contributed by atoms with Gasteiger partial charge in [0.05, 0.1) is 13.2 Å². The molecule has 5 nitrogen and oxygen atoms in total. The van der Waals surface area contributed by atoms with Crippen LogP contribution in [0.25, 0.3) is 0 Å². The van der Waals surface area contributed by atoms with Crippen molar-refractivity contribution in [3.05, 3.63) is 54.1 Å². The van der Waals surface area contributed by atoms with Crippen molar-refractivity contribution in [2.75, 3.05) is 7.11 Å². The van der Waals surface area contributed by atoms with Crippen LogP contribution < -0.4 is 19.5 Å². The maximum absolute atomic E-state index is 12.7. The summed E-state index contributed by atoms with van der Waals surface area (Å²) in [5, 5.41) is 3.10. The van der Waals surface area contributed by atoms with Gasteiger partial charge in [-0.05, 0) is 45.0 Å². The maximum atomic E-state index is 12.7. The van der Waals surface area contributed by atoms with Crippen molar-refractivity contribution in [2.45, 2.75) is 44.9 Å². The van der Waals surface area contributed by atoms with E-state index in [0.29, 0.717) is 12.2 Å². The fourth-order valence-electron chi connectivity index (χ4n) is 3.13. The van der Waals surface area contributed by atoms with E-state index in [4.69, 9.17) is 14.2 Å². The van der Waals surface area contributed by atoms with Gasteiger partial charge in [-0.3, -0.25) is 4.79 Å². The third-order valence-corrected chi connectivity index (χ3v) is 4.42. The van der Waals surface area contributed by atoms with Gasteiger partial charge in [-0.2, -0.15) is 0 Å². The van der Waals surface area contributed by atoms with Crippen LogP contribution in [0, 0.1) is 0 Å². The molecule has 0 fully saturated rings. The van der Waals surface area contributed by atoms with E-state index in [1.807, 2.05) is 62.4 Å². The molecule has 26 heavy (non-hydrogen) atoms. The van der Waals surface area contributed by atoms with E-state index in [0.717, 1.165) is 17.1 Å². The second-order valence-corrected chi connectivity index (χ2v) is 7.10. The first-order chi connectivity index (χ1) is 12.4. The van der Waals surface area contributed by atoms with E-state index >= 15 is 0 Å². The molecule has 0 unspecified atom stereocenters. The lowest BCUT2D eigenvalue weighted by Crippen LogP contribution is -2.44. The van der Waals surface area contributed by atoms with Crippen LogP contribution in [-0.2, 0) is 4.79 Å². The lowest BCUT2D eigenvalue weighted by molar-refractivity contribution is -0.128. The zero-order valence-corrected chi connectivity index (χ0v) is 15.6. The molecule has 1 N–H and O–H groups in total. The highest BCUT2D eigenvalue weighted by Gasteiger charge is 2.35. The summed E-state index contributed by atoms with van der Waals surface area (Å²) in [4.78, 5) is 12.7. The van der Waals surface area contributed by atoms with Crippen LogP contribution in [0.2, 0.25) is 0 Å². The van der Waals surface area contributed by atoms with Crippen molar-refractivity contribution in [1.29, 1.82) is 0 Å². The molecular weight excluding hydrogens is 330 g/mol. The van der Waals surface area contributed by atoms with E-state index in [-0.39, 0.29) is 17.6 Å². The predicted molar refractivity (Wildman–Crippen MR) is 99.7 cm³/mol. The Hall–Kier alpha value is -2.69. The topological polar surface area (TPSA) is 56.8 Å². The summed E-state index contributed by atoms with van der Waals surface area (Å²) >= 11 is 0. The van der Waals surface area contributed by atoms with Crippen LogP contribution in [0.15, 0.2) is 48.5 Å². The molecule has 0 bridgehead atoms. The molecule has 2 atom stereocenters. The normalized spacial score (nSPS) is 18.8. The highest BCUT2D eigenvalue weighted by molar-refractivity contribution is 5.81. The van der Waals surface area contributed by atoms with Gasteiger partial charge in [-0.25, -0.2) is 0 Å². The number of amides is 1. The zero-order chi connectivity index (χ0) is 18.7. The van der Waals surface area contributed by atoms with Crippen LogP contribution in [0.1, 0.15) is 38.8 Å². The molecule has 0 aliphatic carbocycles. The first kappa shape index (κ1) is 18.1. The Kier molecular flexibility index (Phi) is 5.07. The number of benzene rings is 2. The minimum Gasteiger partial charge on any atom is -0.497 e. The Morgan fingerprint density at radius 3 is 2.62 bits per heavy atom. The van der Waals surface area contributed by atoms with Gasteiger partial charge in [-0.15, -0.1) is 0 Å². The fourth-order valence-corrected chi connectivity index (χ4v) is 3.13. The summed E-state index contributed by atoms with van der Waals surface area (Å²) in [6.45, 7) is 5.78. The number of methoxy groups -OCH3 is 1. The first-order valence-corrected chi connectivity index (χ1v) is 8.77. The lowest BCUT2D eigenvalue weighted by Gasteiger charge is -2.38. The van der Waals surface area contributed by atoms with E-state index in [1.165, 1.54) is 0 Å². The van der Waals surface area contributed by atoms with Crippen LogP contribution in [-0.4, -0.2) is 24.7 Å². The van der Waals surface area contributed by atoms with Crippen LogP contribution in [0.3, 0.4) is 0 Å². The quantitative estimate of drug-likeness (QED) is 0.884. The van der Waals surface area contributed by atoms with Crippen molar-refractivity contribution in [3.8, 4) is 17.2 Å². The van der Waals surface area contributed by atoms with Crippen molar-refractivity contribution in [3.63, 3.8) is 0 Å². The van der Waals surface area contributed by atoms with E-state index in [9.17, 15) is 4.79 Å².